The third-order valence-electron chi connectivity index (χ3n) is 2.41. The van der Waals surface area contributed by atoms with Crippen molar-refractivity contribution in [2.45, 2.75) is 6.92 Å². The standard InChI is InChI=1S/C11H13N3OS/c1-7-6-8(15-3)4-5-9(7)10-11(12-2)14-16-13-10/h4-6H,1-3H3,(H,12,14). The van der Waals surface area contributed by atoms with Gasteiger partial charge in [0.2, 0.25) is 0 Å². The highest BCUT2D eigenvalue weighted by molar-refractivity contribution is 6.99. The number of methoxy groups -OCH3 is 1. The van der Waals surface area contributed by atoms with Crippen molar-refractivity contribution in [3.05, 3.63) is 23.8 Å². The van der Waals surface area contributed by atoms with Crippen molar-refractivity contribution < 1.29 is 4.74 Å². The number of anilines is 1. The van der Waals surface area contributed by atoms with Crippen LogP contribution in [0.25, 0.3) is 11.3 Å². The molecule has 0 saturated carbocycles. The highest BCUT2D eigenvalue weighted by atomic mass is 32.1. The summed E-state index contributed by atoms with van der Waals surface area (Å²) in [6, 6.07) is 5.93. The Bertz CT molecular complexity index is 496. The minimum absolute atomic E-state index is 0.818. The van der Waals surface area contributed by atoms with Gasteiger partial charge in [0.05, 0.1) is 18.8 Å². The molecule has 0 aliphatic rings. The smallest absolute Gasteiger partial charge is 0.167 e. The Morgan fingerprint density at radius 2 is 2.12 bits per heavy atom. The molecule has 4 nitrogen and oxygen atoms in total. The van der Waals surface area contributed by atoms with Gasteiger partial charge in [0.15, 0.2) is 5.82 Å². The van der Waals surface area contributed by atoms with Crippen molar-refractivity contribution in [3.63, 3.8) is 0 Å². The van der Waals surface area contributed by atoms with Gasteiger partial charge < -0.3 is 10.1 Å². The molecular weight excluding hydrogens is 222 g/mol. The Kier molecular flexibility index (Phi) is 3.05. The Balaban J connectivity index is 2.48. The number of aryl methyl sites for hydroxylation is 1. The molecule has 0 fully saturated rings. The van der Waals surface area contributed by atoms with Gasteiger partial charge in [-0.25, -0.2) is 0 Å². The van der Waals surface area contributed by atoms with E-state index in [1.54, 1.807) is 7.11 Å². The average molecular weight is 235 g/mol. The van der Waals surface area contributed by atoms with Crippen molar-refractivity contribution in [3.8, 4) is 17.0 Å². The molecule has 0 atom stereocenters. The number of aromatic nitrogens is 2. The van der Waals surface area contributed by atoms with E-state index >= 15 is 0 Å². The minimum Gasteiger partial charge on any atom is -0.497 e. The molecule has 1 heterocycles. The number of hydrogen-bond donors (Lipinski definition) is 1. The highest BCUT2D eigenvalue weighted by Crippen LogP contribution is 2.30. The molecule has 0 amide bonds. The normalized spacial score (nSPS) is 10.2. The zero-order valence-electron chi connectivity index (χ0n) is 9.44. The Morgan fingerprint density at radius 3 is 2.75 bits per heavy atom. The predicted molar refractivity (Wildman–Crippen MR) is 66.2 cm³/mol. The van der Waals surface area contributed by atoms with E-state index in [4.69, 9.17) is 4.74 Å². The van der Waals surface area contributed by atoms with Gasteiger partial charge in [-0.3, -0.25) is 0 Å². The van der Waals surface area contributed by atoms with Gasteiger partial charge >= 0.3 is 0 Å². The molecule has 0 radical (unpaired) electrons. The zero-order valence-corrected chi connectivity index (χ0v) is 10.3. The molecule has 1 aromatic heterocycles. The van der Waals surface area contributed by atoms with Crippen molar-refractivity contribution >= 4 is 17.5 Å². The van der Waals surface area contributed by atoms with E-state index in [1.165, 1.54) is 11.7 Å². The molecule has 0 aliphatic carbocycles. The summed E-state index contributed by atoms with van der Waals surface area (Å²) in [5.74, 6) is 1.67. The number of nitrogens with one attached hydrogen (secondary N) is 1. The van der Waals surface area contributed by atoms with Crippen molar-refractivity contribution in [2.24, 2.45) is 0 Å². The van der Waals surface area contributed by atoms with Gasteiger partial charge in [0.25, 0.3) is 0 Å². The molecule has 2 aromatic rings. The zero-order chi connectivity index (χ0) is 11.5. The van der Waals surface area contributed by atoms with Crippen LogP contribution in [-0.2, 0) is 0 Å². The number of rotatable bonds is 3. The topological polar surface area (TPSA) is 47.0 Å². The third-order valence-corrected chi connectivity index (χ3v) is 2.94. The van der Waals surface area contributed by atoms with E-state index in [-0.39, 0.29) is 0 Å². The first kappa shape index (κ1) is 10.9. The Hall–Kier alpha value is -1.62. The minimum atomic E-state index is 0.818. The quantitative estimate of drug-likeness (QED) is 0.888. The van der Waals surface area contributed by atoms with Crippen LogP contribution in [0.1, 0.15) is 5.56 Å². The summed E-state index contributed by atoms with van der Waals surface area (Å²) in [5.41, 5.74) is 3.11. The highest BCUT2D eigenvalue weighted by Gasteiger charge is 2.11. The molecule has 0 saturated heterocycles. The van der Waals surface area contributed by atoms with Gasteiger partial charge in [-0.2, -0.15) is 8.75 Å². The van der Waals surface area contributed by atoms with E-state index in [0.717, 1.165) is 28.4 Å². The van der Waals surface area contributed by atoms with E-state index in [2.05, 4.69) is 14.1 Å². The van der Waals surface area contributed by atoms with Gasteiger partial charge in [-0.15, -0.1) is 0 Å². The van der Waals surface area contributed by atoms with Crippen LogP contribution in [0.5, 0.6) is 5.75 Å². The van der Waals surface area contributed by atoms with Crippen molar-refractivity contribution in [1.29, 1.82) is 0 Å². The van der Waals surface area contributed by atoms with Crippen LogP contribution in [0.15, 0.2) is 18.2 Å². The molecule has 2 rings (SSSR count). The number of benzene rings is 1. The second-order valence-electron chi connectivity index (χ2n) is 3.39. The number of ether oxygens (including phenoxy) is 1. The maximum absolute atomic E-state index is 5.17. The third kappa shape index (κ3) is 1.86. The van der Waals surface area contributed by atoms with Crippen LogP contribution >= 0.6 is 11.7 Å². The van der Waals surface area contributed by atoms with E-state index in [9.17, 15) is 0 Å². The van der Waals surface area contributed by atoms with Crippen LogP contribution in [-0.4, -0.2) is 22.9 Å². The number of nitrogens with zero attached hydrogens (tertiary/aromatic N) is 2. The molecule has 0 bridgehead atoms. The SMILES string of the molecule is CNc1nsnc1-c1ccc(OC)cc1C. The lowest BCUT2D eigenvalue weighted by atomic mass is 10.1. The second kappa shape index (κ2) is 4.49. The van der Waals surface area contributed by atoms with Gasteiger partial charge in [-0.1, -0.05) is 0 Å². The molecule has 5 heteroatoms. The average Bonchev–Trinajstić information content (AvgIpc) is 2.76. The maximum Gasteiger partial charge on any atom is 0.167 e. The Morgan fingerprint density at radius 1 is 1.31 bits per heavy atom. The fraction of sp³-hybridized carbons (Fsp3) is 0.273. The predicted octanol–water partition coefficient (Wildman–Crippen LogP) is 2.56. The summed E-state index contributed by atoms with van der Waals surface area (Å²) in [4.78, 5) is 0. The summed E-state index contributed by atoms with van der Waals surface area (Å²) in [5, 5.41) is 3.04. The lowest BCUT2D eigenvalue weighted by Gasteiger charge is -2.06. The fourth-order valence-electron chi connectivity index (χ4n) is 1.56. The fourth-order valence-corrected chi connectivity index (χ4v) is 2.12. The van der Waals surface area contributed by atoms with Crippen LogP contribution in [0.4, 0.5) is 5.82 Å². The summed E-state index contributed by atoms with van der Waals surface area (Å²) in [6.45, 7) is 2.04. The van der Waals surface area contributed by atoms with E-state index < -0.39 is 0 Å². The van der Waals surface area contributed by atoms with Crippen molar-refractivity contribution in [2.75, 3.05) is 19.5 Å². The largest absolute Gasteiger partial charge is 0.497 e. The Labute approximate surface area is 98.6 Å². The van der Waals surface area contributed by atoms with E-state index in [1.807, 2.05) is 32.2 Å². The first-order valence-electron chi connectivity index (χ1n) is 4.91. The monoisotopic (exact) mass is 235 g/mol. The van der Waals surface area contributed by atoms with Crippen molar-refractivity contribution in [1.82, 2.24) is 8.75 Å². The molecule has 0 unspecified atom stereocenters. The molecule has 16 heavy (non-hydrogen) atoms. The lowest BCUT2D eigenvalue weighted by molar-refractivity contribution is 0.414. The molecule has 1 aromatic carbocycles. The van der Waals surface area contributed by atoms with E-state index in [0.29, 0.717) is 0 Å². The number of hydrogen-bond acceptors (Lipinski definition) is 5. The molecule has 1 N–H and O–H groups in total. The molecule has 0 spiro atoms. The van der Waals surface area contributed by atoms with Gasteiger partial charge in [0.1, 0.15) is 11.4 Å². The van der Waals surface area contributed by atoms with Crippen LogP contribution < -0.4 is 10.1 Å². The maximum atomic E-state index is 5.17. The lowest BCUT2D eigenvalue weighted by Crippen LogP contribution is -1.93. The molecule has 84 valence electrons. The summed E-state index contributed by atoms with van der Waals surface area (Å²) >= 11 is 1.21. The first-order valence-corrected chi connectivity index (χ1v) is 5.64. The van der Waals surface area contributed by atoms with Gasteiger partial charge in [-0.05, 0) is 30.7 Å². The second-order valence-corrected chi connectivity index (χ2v) is 3.92. The van der Waals surface area contributed by atoms with Crippen LogP contribution in [0.3, 0.4) is 0 Å². The molecular formula is C11H13N3OS. The molecule has 0 aliphatic heterocycles. The summed E-state index contributed by atoms with van der Waals surface area (Å²) < 4.78 is 13.7. The summed E-state index contributed by atoms with van der Waals surface area (Å²) in [6.07, 6.45) is 0. The first-order chi connectivity index (χ1) is 7.76. The van der Waals surface area contributed by atoms with Gasteiger partial charge in [0, 0.05) is 12.6 Å². The summed E-state index contributed by atoms with van der Waals surface area (Å²) in [7, 11) is 3.51. The van der Waals surface area contributed by atoms with Crippen LogP contribution in [0, 0.1) is 6.92 Å². The van der Waals surface area contributed by atoms with Crippen LogP contribution in [0.2, 0.25) is 0 Å².